The van der Waals surface area contributed by atoms with Crippen LogP contribution in [0.25, 0.3) is 6.08 Å². The molecular formula is C27H37N5O4. The number of rotatable bonds is 10. The summed E-state index contributed by atoms with van der Waals surface area (Å²) in [5, 5.41) is 6.73. The number of esters is 1. The summed E-state index contributed by atoms with van der Waals surface area (Å²) in [5.74, 6) is -0.968. The minimum atomic E-state index is -0.590. The van der Waals surface area contributed by atoms with Crippen LogP contribution >= 0.6 is 0 Å². The summed E-state index contributed by atoms with van der Waals surface area (Å²) in [6, 6.07) is 4.96. The first kappa shape index (κ1) is 27.1. The van der Waals surface area contributed by atoms with Gasteiger partial charge in [-0.3, -0.25) is 9.78 Å². The van der Waals surface area contributed by atoms with E-state index < -0.39 is 5.97 Å². The number of nitrogens with zero attached hydrogens (tertiary/aromatic N) is 2. The van der Waals surface area contributed by atoms with Crippen molar-refractivity contribution >= 4 is 23.6 Å². The molecule has 3 rings (SSSR count). The molecule has 0 unspecified atom stereocenters. The highest BCUT2D eigenvalue weighted by Gasteiger charge is 2.22. The summed E-state index contributed by atoms with van der Waals surface area (Å²) in [6.45, 7) is 7.87. The second kappa shape index (κ2) is 13.0. The Morgan fingerprint density at radius 2 is 1.83 bits per heavy atom. The van der Waals surface area contributed by atoms with Crippen LogP contribution in [0.4, 0.5) is 5.69 Å². The van der Waals surface area contributed by atoms with Crippen molar-refractivity contribution < 1.29 is 19.1 Å². The molecule has 1 fully saturated rings. The summed E-state index contributed by atoms with van der Waals surface area (Å²) in [7, 11) is 1.28. The van der Waals surface area contributed by atoms with Crippen LogP contribution in [0.5, 0.6) is 0 Å². The SMILES string of the molecule is CC/C(N)=C\c1nc(CC)c(CNC(=O)c2cccc(C(=O)OC)n2)c(NC2CCOCC2)c1CC. The van der Waals surface area contributed by atoms with Gasteiger partial charge in [0.1, 0.15) is 11.4 Å². The fourth-order valence-electron chi connectivity index (χ4n) is 4.23. The summed E-state index contributed by atoms with van der Waals surface area (Å²) >= 11 is 0. The molecule has 9 nitrogen and oxygen atoms in total. The Bertz CT molecular complexity index is 1110. The van der Waals surface area contributed by atoms with Crippen LogP contribution in [-0.4, -0.2) is 48.2 Å². The lowest BCUT2D eigenvalue weighted by molar-refractivity contribution is 0.0594. The van der Waals surface area contributed by atoms with Crippen LogP contribution in [0.1, 0.15) is 83.5 Å². The number of hydrogen-bond donors (Lipinski definition) is 3. The third-order valence-electron chi connectivity index (χ3n) is 6.31. The van der Waals surface area contributed by atoms with E-state index in [0.717, 1.165) is 59.6 Å². The first-order valence-electron chi connectivity index (χ1n) is 12.6. The van der Waals surface area contributed by atoms with E-state index in [9.17, 15) is 9.59 Å². The van der Waals surface area contributed by atoms with Crippen LogP contribution in [-0.2, 0) is 28.9 Å². The van der Waals surface area contributed by atoms with E-state index in [2.05, 4.69) is 29.5 Å². The molecule has 0 atom stereocenters. The first-order chi connectivity index (χ1) is 17.4. The van der Waals surface area contributed by atoms with E-state index in [1.54, 1.807) is 12.1 Å². The molecule has 1 aliphatic rings. The van der Waals surface area contributed by atoms with Gasteiger partial charge in [0.2, 0.25) is 0 Å². The first-order valence-corrected chi connectivity index (χ1v) is 12.6. The fraction of sp³-hybridized carbons (Fsp3) is 0.481. The average molecular weight is 496 g/mol. The summed E-state index contributed by atoms with van der Waals surface area (Å²) in [4.78, 5) is 33.9. The van der Waals surface area contributed by atoms with Gasteiger partial charge >= 0.3 is 5.97 Å². The number of carbonyl (C=O) groups excluding carboxylic acids is 2. The van der Waals surface area contributed by atoms with Gasteiger partial charge in [-0.1, -0.05) is 26.8 Å². The number of ether oxygens (including phenoxy) is 2. The van der Waals surface area contributed by atoms with Crippen molar-refractivity contribution in [3.8, 4) is 0 Å². The lowest BCUT2D eigenvalue weighted by Gasteiger charge is -2.28. The Morgan fingerprint density at radius 1 is 1.11 bits per heavy atom. The van der Waals surface area contributed by atoms with Crippen LogP contribution in [0.3, 0.4) is 0 Å². The monoisotopic (exact) mass is 495 g/mol. The standard InChI is InChI=1S/C27H37N5O4/c1-5-17(28)15-24-19(6-2)25(30-18-11-13-36-14-12-18)20(21(7-3)31-24)16-29-26(33)22-9-8-10-23(32-22)27(34)35-4/h8-10,15,18H,5-7,11-14,16,28H2,1-4H3,(H,29,33)(H,30,31)/b17-15+. The molecule has 9 heteroatoms. The summed E-state index contributed by atoms with van der Waals surface area (Å²) in [6.07, 6.45) is 5.97. The molecule has 36 heavy (non-hydrogen) atoms. The molecule has 3 heterocycles. The molecule has 1 saturated heterocycles. The lowest BCUT2D eigenvalue weighted by Crippen LogP contribution is -2.31. The van der Waals surface area contributed by atoms with E-state index >= 15 is 0 Å². The zero-order chi connectivity index (χ0) is 26.1. The molecule has 0 spiro atoms. The normalized spacial score (nSPS) is 14.4. The number of nitrogens with one attached hydrogen (secondary N) is 2. The van der Waals surface area contributed by atoms with Crippen molar-refractivity contribution in [2.24, 2.45) is 5.73 Å². The Morgan fingerprint density at radius 3 is 2.47 bits per heavy atom. The molecule has 194 valence electrons. The van der Waals surface area contributed by atoms with Crippen LogP contribution < -0.4 is 16.4 Å². The Hall–Kier alpha value is -3.46. The van der Waals surface area contributed by atoms with Crippen LogP contribution in [0, 0.1) is 0 Å². The molecular weight excluding hydrogens is 458 g/mol. The molecule has 0 radical (unpaired) electrons. The maximum atomic E-state index is 13.0. The van der Waals surface area contributed by atoms with Crippen molar-refractivity contribution in [1.82, 2.24) is 15.3 Å². The number of methoxy groups -OCH3 is 1. The van der Waals surface area contributed by atoms with Crippen LogP contribution in [0.15, 0.2) is 23.9 Å². The molecule has 0 aromatic carbocycles. The maximum Gasteiger partial charge on any atom is 0.356 e. The predicted octanol–water partition coefficient (Wildman–Crippen LogP) is 3.62. The van der Waals surface area contributed by atoms with Crippen molar-refractivity contribution in [1.29, 1.82) is 0 Å². The molecule has 2 aromatic heterocycles. The quantitative estimate of drug-likeness (QED) is 0.426. The molecule has 0 saturated carbocycles. The van der Waals surface area contributed by atoms with E-state index in [4.69, 9.17) is 20.2 Å². The van der Waals surface area contributed by atoms with Gasteiger partial charge in [-0.15, -0.1) is 0 Å². The zero-order valence-corrected chi connectivity index (χ0v) is 21.6. The van der Waals surface area contributed by atoms with E-state index in [1.165, 1.54) is 13.2 Å². The number of allylic oxidation sites excluding steroid dienone is 1. The molecule has 1 amide bonds. The maximum absolute atomic E-state index is 13.0. The number of aryl methyl sites for hydroxylation is 1. The highest BCUT2D eigenvalue weighted by atomic mass is 16.5. The topological polar surface area (TPSA) is 128 Å². The number of nitrogens with two attached hydrogens (primary N) is 1. The number of hydrogen-bond acceptors (Lipinski definition) is 8. The average Bonchev–Trinajstić information content (AvgIpc) is 2.92. The van der Waals surface area contributed by atoms with Gasteiger partial charge in [-0.25, -0.2) is 9.78 Å². The van der Waals surface area contributed by atoms with Crippen molar-refractivity contribution in [3.05, 3.63) is 57.8 Å². The number of pyridine rings is 2. The molecule has 4 N–H and O–H groups in total. The summed E-state index contributed by atoms with van der Waals surface area (Å²) in [5.41, 5.74) is 12.0. The van der Waals surface area contributed by atoms with Gasteiger partial charge in [-0.05, 0) is 50.3 Å². The minimum Gasteiger partial charge on any atom is -0.464 e. The molecule has 0 aliphatic carbocycles. The molecule has 1 aliphatic heterocycles. The van der Waals surface area contributed by atoms with Crippen LogP contribution in [0.2, 0.25) is 0 Å². The Kier molecular flexibility index (Phi) is 9.81. The Labute approximate surface area is 212 Å². The van der Waals surface area contributed by atoms with Crippen molar-refractivity contribution in [3.63, 3.8) is 0 Å². The highest BCUT2D eigenvalue weighted by molar-refractivity contribution is 5.94. The van der Waals surface area contributed by atoms with Crippen molar-refractivity contribution in [2.45, 2.75) is 65.5 Å². The minimum absolute atomic E-state index is 0.0841. The van der Waals surface area contributed by atoms with Gasteiger partial charge in [0.15, 0.2) is 0 Å². The third kappa shape index (κ3) is 6.60. The highest BCUT2D eigenvalue weighted by Crippen LogP contribution is 2.31. The van der Waals surface area contributed by atoms with E-state index in [1.807, 2.05) is 13.0 Å². The number of amides is 1. The zero-order valence-electron chi connectivity index (χ0n) is 21.6. The van der Waals surface area contributed by atoms with Gasteiger partial charge in [0.05, 0.1) is 12.8 Å². The smallest absolute Gasteiger partial charge is 0.356 e. The summed E-state index contributed by atoms with van der Waals surface area (Å²) < 4.78 is 10.3. The van der Waals surface area contributed by atoms with Gasteiger partial charge in [-0.2, -0.15) is 0 Å². The van der Waals surface area contributed by atoms with Crippen molar-refractivity contribution in [2.75, 3.05) is 25.6 Å². The number of aromatic nitrogens is 2. The lowest BCUT2D eigenvalue weighted by atomic mass is 9.97. The van der Waals surface area contributed by atoms with E-state index in [-0.39, 0.29) is 29.9 Å². The van der Waals surface area contributed by atoms with Gasteiger partial charge in [0, 0.05) is 54.0 Å². The molecule has 2 aromatic rings. The number of carbonyl (C=O) groups is 2. The molecule has 0 bridgehead atoms. The number of anilines is 1. The third-order valence-corrected chi connectivity index (χ3v) is 6.31. The predicted molar refractivity (Wildman–Crippen MR) is 140 cm³/mol. The second-order valence-electron chi connectivity index (χ2n) is 8.67. The fourth-order valence-corrected chi connectivity index (χ4v) is 4.23. The van der Waals surface area contributed by atoms with E-state index in [0.29, 0.717) is 19.6 Å². The largest absolute Gasteiger partial charge is 0.464 e. The van der Waals surface area contributed by atoms with Gasteiger partial charge < -0.3 is 25.8 Å². The van der Waals surface area contributed by atoms with Gasteiger partial charge in [0.25, 0.3) is 5.91 Å². The second-order valence-corrected chi connectivity index (χ2v) is 8.67. The Balaban J connectivity index is 1.98.